The van der Waals surface area contributed by atoms with Crippen LogP contribution in [0.25, 0.3) is 5.57 Å². The van der Waals surface area contributed by atoms with Gasteiger partial charge >= 0.3 is 0 Å². The van der Waals surface area contributed by atoms with E-state index in [1.807, 2.05) is 13.8 Å². The second kappa shape index (κ2) is 8.83. The Morgan fingerprint density at radius 3 is 2.43 bits per heavy atom. The van der Waals surface area contributed by atoms with E-state index in [4.69, 9.17) is 4.74 Å². The van der Waals surface area contributed by atoms with Crippen molar-refractivity contribution < 1.29 is 23.6 Å². The molecule has 3 rings (SSSR count). The van der Waals surface area contributed by atoms with Crippen LogP contribution < -0.4 is 5.32 Å². The lowest BCUT2D eigenvalue weighted by Gasteiger charge is -2.16. The summed E-state index contributed by atoms with van der Waals surface area (Å²) in [5.74, 6) is -1.64. The van der Waals surface area contributed by atoms with Crippen LogP contribution in [0.15, 0.2) is 54.2 Å². The molecule has 0 spiro atoms. The first-order valence-electron chi connectivity index (χ1n) is 9.27. The first-order chi connectivity index (χ1) is 14.3. The molecule has 0 fully saturated rings. The number of amides is 2. The molecule has 9 heteroatoms. The molecule has 8 nitrogen and oxygen atoms in total. The lowest BCUT2D eigenvalue weighted by Crippen LogP contribution is -2.35. The topological polar surface area (TPSA) is 102 Å². The third-order valence-electron chi connectivity index (χ3n) is 4.39. The molecule has 2 aromatic carbocycles. The number of anilines is 1. The Morgan fingerprint density at radius 1 is 1.13 bits per heavy atom. The number of hydrogen-bond acceptors (Lipinski definition) is 6. The summed E-state index contributed by atoms with van der Waals surface area (Å²) in [4.78, 5) is 37.4. The second-order valence-corrected chi connectivity index (χ2v) is 6.87. The Balaban J connectivity index is 1.98. The summed E-state index contributed by atoms with van der Waals surface area (Å²) in [5, 5.41) is 13.7. The number of nitro benzene ring substituents is 1. The normalized spacial score (nSPS) is 14.1. The van der Waals surface area contributed by atoms with Crippen LogP contribution in [0, 0.1) is 15.9 Å². The largest absolute Gasteiger partial charge is 0.377 e. The molecule has 0 atom stereocenters. The van der Waals surface area contributed by atoms with E-state index in [-0.39, 0.29) is 36.2 Å². The standard InChI is InChI=1S/C21H20FN3O5/c1-13(2)30-11-10-24-20(26)18(14-6-8-17(9-7-14)25(28)29)19(21(24)27)23-16-5-3-4-15(22)12-16/h3-9,12-13,23H,10-11H2,1-2H3. The highest BCUT2D eigenvalue weighted by molar-refractivity contribution is 6.36. The van der Waals surface area contributed by atoms with Gasteiger partial charge in [-0.2, -0.15) is 0 Å². The van der Waals surface area contributed by atoms with Crippen molar-refractivity contribution >= 4 is 28.8 Å². The molecule has 1 aliphatic rings. The Kier molecular flexibility index (Phi) is 6.22. The number of nitrogens with one attached hydrogen (secondary N) is 1. The summed E-state index contributed by atoms with van der Waals surface area (Å²) < 4.78 is 19.0. The van der Waals surface area contributed by atoms with Gasteiger partial charge in [0.25, 0.3) is 17.5 Å². The van der Waals surface area contributed by atoms with Gasteiger partial charge in [-0.15, -0.1) is 0 Å². The molecule has 0 bridgehead atoms. The number of ether oxygens (including phenoxy) is 1. The van der Waals surface area contributed by atoms with Crippen molar-refractivity contribution in [1.82, 2.24) is 4.90 Å². The summed E-state index contributed by atoms with van der Waals surface area (Å²) in [6.45, 7) is 3.88. The fraction of sp³-hybridized carbons (Fsp3) is 0.238. The third-order valence-corrected chi connectivity index (χ3v) is 4.39. The van der Waals surface area contributed by atoms with Crippen molar-refractivity contribution in [2.45, 2.75) is 20.0 Å². The number of benzene rings is 2. The van der Waals surface area contributed by atoms with Crippen LogP contribution in [-0.2, 0) is 14.3 Å². The fourth-order valence-corrected chi connectivity index (χ4v) is 3.00. The van der Waals surface area contributed by atoms with Crippen LogP contribution in [-0.4, -0.2) is 40.9 Å². The van der Waals surface area contributed by atoms with Crippen molar-refractivity contribution in [1.29, 1.82) is 0 Å². The van der Waals surface area contributed by atoms with E-state index in [0.29, 0.717) is 11.3 Å². The monoisotopic (exact) mass is 413 g/mol. The van der Waals surface area contributed by atoms with Crippen LogP contribution in [0.3, 0.4) is 0 Å². The van der Waals surface area contributed by atoms with E-state index in [0.717, 1.165) is 4.90 Å². The van der Waals surface area contributed by atoms with Gasteiger partial charge in [-0.1, -0.05) is 6.07 Å². The molecule has 2 aromatic rings. The highest BCUT2D eigenvalue weighted by Gasteiger charge is 2.39. The number of rotatable bonds is 8. The number of nitro groups is 1. The zero-order valence-electron chi connectivity index (χ0n) is 16.4. The highest BCUT2D eigenvalue weighted by atomic mass is 19.1. The lowest BCUT2D eigenvalue weighted by atomic mass is 10.0. The number of hydrogen-bond donors (Lipinski definition) is 1. The number of halogens is 1. The predicted octanol–water partition coefficient (Wildman–Crippen LogP) is 3.35. The summed E-state index contributed by atoms with van der Waals surface area (Å²) in [5.41, 5.74) is 0.529. The summed E-state index contributed by atoms with van der Waals surface area (Å²) >= 11 is 0. The van der Waals surface area contributed by atoms with Crippen LogP contribution in [0.1, 0.15) is 19.4 Å². The second-order valence-electron chi connectivity index (χ2n) is 6.87. The maximum Gasteiger partial charge on any atom is 0.278 e. The van der Waals surface area contributed by atoms with Crippen molar-refractivity contribution in [3.05, 3.63) is 75.7 Å². The Morgan fingerprint density at radius 2 is 1.83 bits per heavy atom. The van der Waals surface area contributed by atoms with E-state index in [1.165, 1.54) is 42.5 Å². The molecule has 1 N–H and O–H groups in total. The van der Waals surface area contributed by atoms with Gasteiger partial charge < -0.3 is 10.1 Å². The average Bonchev–Trinajstić information content (AvgIpc) is 2.92. The summed E-state index contributed by atoms with van der Waals surface area (Å²) in [6, 6.07) is 10.8. The van der Waals surface area contributed by atoms with E-state index in [1.54, 1.807) is 6.07 Å². The van der Waals surface area contributed by atoms with Crippen molar-refractivity contribution in [2.75, 3.05) is 18.5 Å². The molecule has 0 saturated heterocycles. The maximum atomic E-state index is 13.6. The van der Waals surface area contributed by atoms with Crippen molar-refractivity contribution in [3.63, 3.8) is 0 Å². The summed E-state index contributed by atoms with van der Waals surface area (Å²) in [6.07, 6.45) is -0.0650. The molecule has 1 aliphatic heterocycles. The minimum atomic E-state index is -0.579. The van der Waals surface area contributed by atoms with E-state index in [2.05, 4.69) is 5.32 Å². The minimum absolute atomic E-state index is 0.0241. The average molecular weight is 413 g/mol. The molecule has 0 saturated carbocycles. The minimum Gasteiger partial charge on any atom is -0.377 e. The zero-order valence-corrected chi connectivity index (χ0v) is 16.4. The first kappa shape index (κ1) is 21.1. The van der Waals surface area contributed by atoms with Crippen LogP contribution in [0.2, 0.25) is 0 Å². The van der Waals surface area contributed by atoms with Crippen molar-refractivity contribution in [2.24, 2.45) is 0 Å². The molecule has 2 amide bonds. The molecule has 1 heterocycles. The fourth-order valence-electron chi connectivity index (χ4n) is 3.00. The number of carbonyl (C=O) groups is 2. The van der Waals surface area contributed by atoms with Gasteiger partial charge in [-0.3, -0.25) is 24.6 Å². The number of imide groups is 1. The van der Waals surface area contributed by atoms with Gasteiger partial charge in [0.05, 0.1) is 29.8 Å². The van der Waals surface area contributed by atoms with Gasteiger partial charge in [-0.05, 0) is 49.7 Å². The SMILES string of the molecule is CC(C)OCCN1C(=O)C(Nc2cccc(F)c2)=C(c2ccc([N+](=O)[O-])cc2)C1=O. The van der Waals surface area contributed by atoms with E-state index in [9.17, 15) is 24.1 Å². The Labute approximate surface area is 172 Å². The summed E-state index contributed by atoms with van der Waals surface area (Å²) in [7, 11) is 0. The zero-order chi connectivity index (χ0) is 21.8. The molecule has 0 radical (unpaired) electrons. The molecule has 30 heavy (non-hydrogen) atoms. The Hall–Kier alpha value is -3.59. The highest BCUT2D eigenvalue weighted by Crippen LogP contribution is 2.31. The first-order valence-corrected chi connectivity index (χ1v) is 9.27. The molecular weight excluding hydrogens is 393 g/mol. The smallest absolute Gasteiger partial charge is 0.278 e. The van der Waals surface area contributed by atoms with Gasteiger partial charge in [0.1, 0.15) is 11.5 Å². The molecule has 0 aliphatic carbocycles. The molecular formula is C21H20FN3O5. The molecule has 156 valence electrons. The van der Waals surface area contributed by atoms with Crippen LogP contribution in [0.5, 0.6) is 0 Å². The Bertz CT molecular complexity index is 1020. The lowest BCUT2D eigenvalue weighted by molar-refractivity contribution is -0.384. The quantitative estimate of drug-likeness (QED) is 0.405. The van der Waals surface area contributed by atoms with E-state index >= 15 is 0 Å². The number of nitrogens with zero attached hydrogens (tertiary/aromatic N) is 2. The predicted molar refractivity (Wildman–Crippen MR) is 108 cm³/mol. The van der Waals surface area contributed by atoms with Gasteiger partial charge in [0.2, 0.25) is 0 Å². The van der Waals surface area contributed by atoms with Crippen LogP contribution in [0.4, 0.5) is 15.8 Å². The van der Waals surface area contributed by atoms with Gasteiger partial charge in [-0.25, -0.2) is 4.39 Å². The number of non-ortho nitro benzene ring substituents is 1. The maximum absolute atomic E-state index is 13.6. The van der Waals surface area contributed by atoms with E-state index < -0.39 is 22.6 Å². The third kappa shape index (κ3) is 4.52. The van der Waals surface area contributed by atoms with Crippen molar-refractivity contribution in [3.8, 4) is 0 Å². The number of carbonyl (C=O) groups excluding carboxylic acids is 2. The van der Waals surface area contributed by atoms with Gasteiger partial charge in [0, 0.05) is 17.8 Å². The molecule has 0 aromatic heterocycles. The van der Waals surface area contributed by atoms with Gasteiger partial charge in [0.15, 0.2) is 0 Å². The van der Waals surface area contributed by atoms with Crippen LogP contribution >= 0.6 is 0 Å². The molecule has 0 unspecified atom stereocenters.